The Labute approximate surface area is 118 Å². The van der Waals surface area contributed by atoms with E-state index in [1.54, 1.807) is 0 Å². The largest absolute Gasteiger partial charge is 0.392 e. The van der Waals surface area contributed by atoms with Crippen LogP contribution < -0.4 is 5.32 Å². The maximum absolute atomic E-state index is 11.0. The van der Waals surface area contributed by atoms with E-state index in [0.29, 0.717) is 6.42 Å². The molecule has 0 saturated carbocycles. The minimum atomic E-state index is -0.376. The number of aliphatic hydroxyl groups excluding tert-OH is 1. The van der Waals surface area contributed by atoms with E-state index >= 15 is 0 Å². The van der Waals surface area contributed by atoms with Gasteiger partial charge in [-0.3, -0.25) is 4.79 Å². The van der Waals surface area contributed by atoms with Crippen LogP contribution >= 0.6 is 0 Å². The molecule has 1 aliphatic carbocycles. The number of anilines is 1. The van der Waals surface area contributed by atoms with Crippen LogP contribution in [0.5, 0.6) is 0 Å². The van der Waals surface area contributed by atoms with E-state index in [9.17, 15) is 9.90 Å². The molecule has 2 aromatic carbocycles. The molecule has 0 unspecified atom stereocenters. The Morgan fingerprint density at radius 1 is 1.15 bits per heavy atom. The molecule has 0 spiro atoms. The topological polar surface area (TPSA) is 49.3 Å². The second-order valence-electron chi connectivity index (χ2n) is 5.25. The number of hydrogen-bond acceptors (Lipinski definition) is 2. The third kappa shape index (κ3) is 2.32. The van der Waals surface area contributed by atoms with E-state index in [1.165, 1.54) is 18.1 Å². The van der Waals surface area contributed by atoms with Crippen LogP contribution in [-0.4, -0.2) is 17.1 Å². The Bertz CT molecular complexity index is 634. The standard InChI is InChI=1S/C17H17NO2/c1-11(19)18-14-8-6-12(7-9-14)17-15-5-3-2-4-13(15)10-16(17)20/h2-9,16-17,20H,10H2,1H3,(H,18,19)/t16-,17-/m1/s1. The van der Waals surface area contributed by atoms with Gasteiger partial charge in [0.15, 0.2) is 0 Å². The van der Waals surface area contributed by atoms with Crippen LogP contribution in [0.15, 0.2) is 48.5 Å². The van der Waals surface area contributed by atoms with Gasteiger partial charge in [-0.2, -0.15) is 0 Å². The van der Waals surface area contributed by atoms with Gasteiger partial charge in [-0.1, -0.05) is 36.4 Å². The van der Waals surface area contributed by atoms with Gasteiger partial charge in [-0.25, -0.2) is 0 Å². The van der Waals surface area contributed by atoms with Gasteiger partial charge in [0.05, 0.1) is 6.10 Å². The predicted octanol–water partition coefficient (Wildman–Crippen LogP) is 2.69. The van der Waals surface area contributed by atoms with Gasteiger partial charge in [-0.15, -0.1) is 0 Å². The van der Waals surface area contributed by atoms with Crippen LogP contribution in [-0.2, 0) is 11.2 Å². The molecule has 0 radical (unpaired) electrons. The average Bonchev–Trinajstić information content (AvgIpc) is 2.75. The lowest BCUT2D eigenvalue weighted by atomic mass is 9.91. The molecule has 3 nitrogen and oxygen atoms in total. The number of carbonyl (C=O) groups excluding carboxylic acids is 1. The number of carbonyl (C=O) groups is 1. The summed E-state index contributed by atoms with van der Waals surface area (Å²) in [6.07, 6.45) is 0.327. The van der Waals surface area contributed by atoms with Crippen molar-refractivity contribution in [2.75, 3.05) is 5.32 Å². The first-order valence-corrected chi connectivity index (χ1v) is 6.78. The van der Waals surface area contributed by atoms with E-state index in [-0.39, 0.29) is 17.9 Å². The predicted molar refractivity (Wildman–Crippen MR) is 78.7 cm³/mol. The molecule has 0 bridgehead atoms. The molecule has 2 aromatic rings. The number of aliphatic hydroxyl groups is 1. The van der Waals surface area contributed by atoms with E-state index in [4.69, 9.17) is 0 Å². The first-order valence-electron chi connectivity index (χ1n) is 6.78. The molecule has 0 aromatic heterocycles. The van der Waals surface area contributed by atoms with Crippen molar-refractivity contribution in [1.29, 1.82) is 0 Å². The Kier molecular flexibility index (Phi) is 3.28. The molecule has 2 N–H and O–H groups in total. The Balaban J connectivity index is 1.91. The summed E-state index contributed by atoms with van der Waals surface area (Å²) in [5.74, 6) is -0.0541. The zero-order valence-electron chi connectivity index (χ0n) is 11.3. The lowest BCUT2D eigenvalue weighted by Gasteiger charge is -2.17. The van der Waals surface area contributed by atoms with Gasteiger partial charge in [-0.05, 0) is 35.2 Å². The molecular weight excluding hydrogens is 250 g/mol. The molecule has 102 valence electrons. The highest BCUT2D eigenvalue weighted by atomic mass is 16.3. The maximum Gasteiger partial charge on any atom is 0.221 e. The third-order valence-electron chi connectivity index (χ3n) is 3.79. The van der Waals surface area contributed by atoms with Crippen LogP contribution in [0.1, 0.15) is 29.5 Å². The molecule has 0 fully saturated rings. The molecule has 2 atom stereocenters. The highest BCUT2D eigenvalue weighted by Crippen LogP contribution is 2.38. The first kappa shape index (κ1) is 12.9. The summed E-state index contributed by atoms with van der Waals surface area (Å²) in [5, 5.41) is 13.1. The van der Waals surface area contributed by atoms with Gasteiger partial charge < -0.3 is 10.4 Å². The zero-order chi connectivity index (χ0) is 14.1. The lowest BCUT2D eigenvalue weighted by Crippen LogP contribution is -2.14. The van der Waals surface area contributed by atoms with Crippen LogP contribution in [0.25, 0.3) is 0 Å². The third-order valence-corrected chi connectivity index (χ3v) is 3.79. The SMILES string of the molecule is CC(=O)Nc1ccc([C@@H]2c3ccccc3C[C@H]2O)cc1. The highest BCUT2D eigenvalue weighted by Gasteiger charge is 2.31. The van der Waals surface area contributed by atoms with Crippen molar-refractivity contribution in [3.8, 4) is 0 Å². The number of amides is 1. The van der Waals surface area contributed by atoms with Crippen molar-refractivity contribution in [3.63, 3.8) is 0 Å². The summed E-state index contributed by atoms with van der Waals surface area (Å²) in [7, 11) is 0. The summed E-state index contributed by atoms with van der Waals surface area (Å²) < 4.78 is 0. The van der Waals surface area contributed by atoms with Crippen molar-refractivity contribution in [1.82, 2.24) is 0 Å². The van der Waals surface area contributed by atoms with Gasteiger partial charge in [0.2, 0.25) is 5.91 Å². The molecule has 1 amide bonds. The van der Waals surface area contributed by atoms with Gasteiger partial charge in [0.25, 0.3) is 0 Å². The van der Waals surface area contributed by atoms with Gasteiger partial charge in [0.1, 0.15) is 0 Å². The van der Waals surface area contributed by atoms with E-state index in [1.807, 2.05) is 36.4 Å². The summed E-state index contributed by atoms with van der Waals surface area (Å²) in [6, 6.07) is 15.9. The van der Waals surface area contributed by atoms with Gasteiger partial charge in [0, 0.05) is 18.5 Å². The average molecular weight is 267 g/mol. The fraction of sp³-hybridized carbons (Fsp3) is 0.235. The quantitative estimate of drug-likeness (QED) is 0.879. The van der Waals surface area contributed by atoms with Crippen LogP contribution in [0, 0.1) is 0 Å². The van der Waals surface area contributed by atoms with Gasteiger partial charge >= 0.3 is 0 Å². The van der Waals surface area contributed by atoms with Crippen LogP contribution in [0.2, 0.25) is 0 Å². The monoisotopic (exact) mass is 267 g/mol. The summed E-state index contributed by atoms with van der Waals surface area (Å²) in [4.78, 5) is 11.0. The van der Waals surface area contributed by atoms with Crippen LogP contribution in [0.3, 0.4) is 0 Å². The molecule has 3 rings (SSSR count). The Hall–Kier alpha value is -2.13. The van der Waals surface area contributed by atoms with Crippen molar-refractivity contribution < 1.29 is 9.90 Å². The van der Waals surface area contributed by atoms with E-state index in [2.05, 4.69) is 17.4 Å². The van der Waals surface area contributed by atoms with Crippen LogP contribution in [0.4, 0.5) is 5.69 Å². The molecule has 0 aliphatic heterocycles. The maximum atomic E-state index is 11.0. The van der Waals surface area contributed by atoms with Crippen molar-refractivity contribution in [2.24, 2.45) is 0 Å². The molecular formula is C17H17NO2. The molecule has 3 heteroatoms. The highest BCUT2D eigenvalue weighted by molar-refractivity contribution is 5.88. The van der Waals surface area contributed by atoms with Crippen molar-refractivity contribution in [3.05, 3.63) is 65.2 Å². The number of rotatable bonds is 2. The minimum absolute atomic E-state index is 0.0255. The normalized spacial score (nSPS) is 20.5. The number of benzene rings is 2. The Morgan fingerprint density at radius 3 is 2.55 bits per heavy atom. The smallest absolute Gasteiger partial charge is 0.221 e. The fourth-order valence-corrected chi connectivity index (χ4v) is 2.95. The first-order chi connectivity index (χ1) is 9.65. The zero-order valence-corrected chi connectivity index (χ0v) is 11.3. The summed E-state index contributed by atoms with van der Waals surface area (Å²) in [6.45, 7) is 1.49. The fourth-order valence-electron chi connectivity index (χ4n) is 2.95. The minimum Gasteiger partial charge on any atom is -0.392 e. The van der Waals surface area contributed by atoms with Crippen molar-refractivity contribution in [2.45, 2.75) is 25.4 Å². The summed E-state index contributed by atoms with van der Waals surface area (Å²) >= 11 is 0. The number of nitrogens with one attached hydrogen (secondary N) is 1. The number of fused-ring (bicyclic) bond motifs is 1. The molecule has 0 heterocycles. The molecule has 0 saturated heterocycles. The Morgan fingerprint density at radius 2 is 1.85 bits per heavy atom. The second kappa shape index (κ2) is 5.10. The molecule has 1 aliphatic rings. The number of hydrogen-bond donors (Lipinski definition) is 2. The van der Waals surface area contributed by atoms with E-state index < -0.39 is 0 Å². The lowest BCUT2D eigenvalue weighted by molar-refractivity contribution is -0.114. The molecule has 20 heavy (non-hydrogen) atoms. The second-order valence-corrected chi connectivity index (χ2v) is 5.25. The van der Waals surface area contributed by atoms with Crippen molar-refractivity contribution >= 4 is 11.6 Å². The van der Waals surface area contributed by atoms with E-state index in [0.717, 1.165) is 11.3 Å². The summed E-state index contributed by atoms with van der Waals surface area (Å²) in [5.41, 5.74) is 4.28.